The fourth-order valence-corrected chi connectivity index (χ4v) is 11.3. The second kappa shape index (κ2) is 19.1. The molecule has 0 radical (unpaired) electrons. The van der Waals surface area contributed by atoms with E-state index in [1.54, 1.807) is 0 Å². The number of benzene rings is 9. The third-order valence-electron chi connectivity index (χ3n) is 15.5. The summed E-state index contributed by atoms with van der Waals surface area (Å²) in [5.74, 6) is 1.97. The van der Waals surface area contributed by atoms with Crippen molar-refractivity contribution in [1.29, 1.82) is 0 Å². The summed E-state index contributed by atoms with van der Waals surface area (Å²) in [6.07, 6.45) is 5.71. The summed E-state index contributed by atoms with van der Waals surface area (Å²) < 4.78 is 13.4. The number of pyridine rings is 1. The Labute approximate surface area is 472 Å². The molecule has 12 aromatic rings. The van der Waals surface area contributed by atoms with Gasteiger partial charge >= 0.3 is 0 Å². The second-order valence-corrected chi connectivity index (χ2v) is 23.7. The first-order valence-electron chi connectivity index (χ1n) is 26.8. The number of hydrogen-bond donors (Lipinski definition) is 0. The van der Waals surface area contributed by atoms with E-state index < -0.39 is 0 Å². The summed E-state index contributed by atoms with van der Waals surface area (Å²) in [5.41, 5.74) is 20.1. The van der Waals surface area contributed by atoms with Crippen LogP contribution >= 0.6 is 0 Å². The van der Waals surface area contributed by atoms with E-state index in [0.29, 0.717) is 11.5 Å². The molecule has 13 rings (SSSR count). The van der Waals surface area contributed by atoms with Gasteiger partial charge in [0.15, 0.2) is 0 Å². The van der Waals surface area contributed by atoms with Crippen LogP contribution < -0.4 is 9.30 Å². The van der Waals surface area contributed by atoms with Crippen molar-refractivity contribution in [2.75, 3.05) is 0 Å². The molecular weight excluding hydrogens is 1130 g/mol. The van der Waals surface area contributed by atoms with Crippen molar-refractivity contribution in [3.05, 3.63) is 235 Å². The summed E-state index contributed by atoms with van der Waals surface area (Å²) in [4.78, 5) is 5.11. The van der Waals surface area contributed by atoms with Gasteiger partial charge in [0.2, 0.25) is 0 Å². The zero-order chi connectivity index (χ0) is 53.0. The normalized spacial score (nSPS) is 12.3. The molecule has 0 saturated carbocycles. The molecule has 386 valence electrons. The van der Waals surface area contributed by atoms with Gasteiger partial charge in [0.1, 0.15) is 5.82 Å². The fraction of sp³-hybridized carbons (Fsp3) is 0.167. The number of para-hydroxylation sites is 2. The van der Waals surface area contributed by atoms with E-state index in [9.17, 15) is 0 Å². The van der Waals surface area contributed by atoms with Crippen LogP contribution in [-0.2, 0) is 37.3 Å². The van der Waals surface area contributed by atoms with E-state index in [4.69, 9.17) is 9.72 Å². The molecule has 3 heterocycles. The van der Waals surface area contributed by atoms with Crippen molar-refractivity contribution in [1.82, 2.24) is 14.1 Å². The summed E-state index contributed by atoms with van der Waals surface area (Å²) in [6, 6.07) is 77.6. The van der Waals surface area contributed by atoms with Crippen molar-refractivity contribution in [2.24, 2.45) is 0 Å². The van der Waals surface area contributed by atoms with Crippen LogP contribution in [0.2, 0.25) is 0 Å². The van der Waals surface area contributed by atoms with Gasteiger partial charge in [-0.15, -0.1) is 29.7 Å². The number of nitrogens with zero attached hydrogens (tertiary/aromatic N) is 4. The number of aromatic nitrogens is 4. The number of ether oxygens (including phenoxy) is 1. The van der Waals surface area contributed by atoms with Crippen LogP contribution in [0.15, 0.2) is 200 Å². The van der Waals surface area contributed by atoms with Gasteiger partial charge in [0.05, 0.1) is 16.7 Å². The average molecular weight is 1190 g/mol. The first-order chi connectivity index (χ1) is 37.0. The maximum atomic E-state index is 6.87. The van der Waals surface area contributed by atoms with Gasteiger partial charge in [-0.05, 0) is 124 Å². The van der Waals surface area contributed by atoms with E-state index in [1.165, 1.54) is 44.2 Å². The minimum Gasteiger partial charge on any atom is -0.510 e. The number of hydrogen-bond acceptors (Lipinski definition) is 2. The van der Waals surface area contributed by atoms with Crippen LogP contribution in [0.4, 0.5) is 0 Å². The van der Waals surface area contributed by atoms with E-state index in [1.807, 2.05) is 24.4 Å². The molecule has 6 heteroatoms. The number of imidazole rings is 1. The van der Waals surface area contributed by atoms with Crippen molar-refractivity contribution in [3.8, 4) is 84.5 Å². The zero-order valence-electron chi connectivity index (χ0n) is 45.6. The maximum absolute atomic E-state index is 6.87. The minimum absolute atomic E-state index is 0. The van der Waals surface area contributed by atoms with E-state index in [2.05, 4.69) is 270 Å². The van der Waals surface area contributed by atoms with Gasteiger partial charge in [-0.1, -0.05) is 201 Å². The molecule has 3 aromatic heterocycles. The average Bonchev–Trinajstić information content (AvgIpc) is 3.97. The van der Waals surface area contributed by atoms with Gasteiger partial charge in [-0.2, -0.15) is 18.2 Å². The Kier molecular flexibility index (Phi) is 12.4. The van der Waals surface area contributed by atoms with E-state index >= 15 is 0 Å². The van der Waals surface area contributed by atoms with Gasteiger partial charge in [0, 0.05) is 50.0 Å². The molecule has 0 atom stereocenters. The quantitative estimate of drug-likeness (QED) is 0.118. The number of rotatable bonds is 7. The largest absolute Gasteiger partial charge is 0.510 e. The maximum Gasteiger partial charge on any atom is 0.268 e. The van der Waals surface area contributed by atoms with Crippen molar-refractivity contribution in [2.45, 2.75) is 78.6 Å². The molecule has 0 N–H and O–H groups in total. The molecule has 0 fully saturated rings. The Bertz CT molecular complexity index is 4210. The first-order valence-corrected chi connectivity index (χ1v) is 26.8. The third-order valence-corrected chi connectivity index (χ3v) is 15.5. The van der Waals surface area contributed by atoms with Gasteiger partial charge < -0.3 is 13.9 Å². The SMILES string of the molecule is CC(C)(C)c1ccc(-c2cc(-c3ccc(C(C)(C)C)cc3)cc(-[n+]3[c-]n(-c4[c-]c(Oc5[c-]c6c(cc5)c5c(n6-c6cc(C(C)(C)C)ccn6)-c6ccccc6-c6cccc7cccc-5c67)ccc4)c4ccccc43)c2)cc1.[Pt]. The summed E-state index contributed by atoms with van der Waals surface area (Å²) in [7, 11) is 0. The predicted molar refractivity (Wildman–Crippen MR) is 317 cm³/mol. The van der Waals surface area contributed by atoms with Gasteiger partial charge in [-0.25, -0.2) is 4.98 Å². The molecule has 0 unspecified atom stereocenters. The van der Waals surface area contributed by atoms with Crippen molar-refractivity contribution in [3.63, 3.8) is 0 Å². The molecule has 1 aliphatic rings. The summed E-state index contributed by atoms with van der Waals surface area (Å²) >= 11 is 0. The topological polar surface area (TPSA) is 35.9 Å². The molecule has 0 bridgehead atoms. The molecule has 0 saturated heterocycles. The molecule has 0 aliphatic heterocycles. The van der Waals surface area contributed by atoms with Crippen LogP contribution in [-0.4, -0.2) is 14.1 Å². The number of fused-ring (bicyclic) bond motifs is 8. The van der Waals surface area contributed by atoms with E-state index in [-0.39, 0.29) is 37.3 Å². The predicted octanol–water partition coefficient (Wildman–Crippen LogP) is 18.1. The molecule has 0 spiro atoms. The standard InChI is InChI=1S/C72H60N4O.Pt/c1-70(2,3)51-31-27-46(28-32-51)49-39-50(47-29-33-52(34-30-47)71(4,5)6)41-55(40-49)75-45-74(63-25-12-13-26-64(63)75)54-19-16-20-56(43-54)77-57-35-36-61-65(44-57)76(66-42-53(37-38-73-66)72(7,8)9)69-60-22-11-10-21-58(60)59-23-14-17-48-18-15-24-62(67(48)59)68(61)69;/h10-42H,1-9H3;/q-2;. The second-order valence-electron chi connectivity index (χ2n) is 23.7. The van der Waals surface area contributed by atoms with Crippen LogP contribution in [0.25, 0.3) is 106 Å². The van der Waals surface area contributed by atoms with Crippen LogP contribution in [0.1, 0.15) is 79.0 Å². The zero-order valence-corrected chi connectivity index (χ0v) is 47.8. The molecular formula is C72H60N4OPt-2. The Morgan fingerprint density at radius 1 is 0.487 bits per heavy atom. The Hall–Kier alpha value is -8.11. The van der Waals surface area contributed by atoms with Gasteiger partial charge in [0.25, 0.3) is 6.33 Å². The van der Waals surface area contributed by atoms with E-state index in [0.717, 1.165) is 78.2 Å². The van der Waals surface area contributed by atoms with Crippen molar-refractivity contribution < 1.29 is 30.4 Å². The molecule has 5 nitrogen and oxygen atoms in total. The Morgan fingerprint density at radius 2 is 1.08 bits per heavy atom. The Morgan fingerprint density at radius 3 is 1.74 bits per heavy atom. The van der Waals surface area contributed by atoms with Crippen molar-refractivity contribution >= 4 is 32.7 Å². The summed E-state index contributed by atoms with van der Waals surface area (Å²) in [6.45, 7) is 20.3. The van der Waals surface area contributed by atoms with Crippen LogP contribution in [0.5, 0.6) is 11.5 Å². The monoisotopic (exact) mass is 1190 g/mol. The van der Waals surface area contributed by atoms with Crippen LogP contribution in [0.3, 0.4) is 0 Å². The molecule has 9 aromatic carbocycles. The first kappa shape index (κ1) is 50.7. The Balaban J connectivity index is 0.00000609. The fourth-order valence-electron chi connectivity index (χ4n) is 11.3. The van der Waals surface area contributed by atoms with Crippen LogP contribution in [0, 0.1) is 18.5 Å². The molecule has 0 amide bonds. The smallest absolute Gasteiger partial charge is 0.268 e. The minimum atomic E-state index is -0.0945. The third kappa shape index (κ3) is 8.89. The summed E-state index contributed by atoms with van der Waals surface area (Å²) in [5, 5.41) is 3.51. The molecule has 1 aliphatic carbocycles. The van der Waals surface area contributed by atoms with Gasteiger partial charge in [-0.3, -0.25) is 4.57 Å². The molecule has 78 heavy (non-hydrogen) atoms.